The third-order valence-corrected chi connectivity index (χ3v) is 6.39. The summed E-state index contributed by atoms with van der Waals surface area (Å²) in [7, 11) is 1.66. The van der Waals surface area contributed by atoms with Gasteiger partial charge in [0.2, 0.25) is 11.8 Å². The van der Waals surface area contributed by atoms with E-state index in [0.717, 1.165) is 48.1 Å². The van der Waals surface area contributed by atoms with Crippen LogP contribution in [0.1, 0.15) is 31.2 Å². The van der Waals surface area contributed by atoms with E-state index < -0.39 is 0 Å². The number of carbonyl (C=O) groups is 2. The first-order chi connectivity index (χ1) is 14.7. The van der Waals surface area contributed by atoms with Crippen LogP contribution in [-0.2, 0) is 16.0 Å². The molecule has 2 amide bonds. The van der Waals surface area contributed by atoms with Gasteiger partial charge in [0.1, 0.15) is 5.75 Å². The first-order valence-corrected chi connectivity index (χ1v) is 10.9. The fraction of sp³-hybridized carbons (Fsp3) is 0.440. The minimum Gasteiger partial charge on any atom is -0.497 e. The van der Waals surface area contributed by atoms with Gasteiger partial charge in [-0.25, -0.2) is 0 Å². The van der Waals surface area contributed by atoms with E-state index in [2.05, 4.69) is 17.4 Å². The standard InChI is InChI=1S/C25H30N2O3/c1-30-22-12-10-18(11-13-22)23-9-5-4-8-20(23)16-21-17-27(15-14-26-24(21)28)25(29)19-6-2-3-7-19/h4-5,8-13,19,21H,2-3,6-7,14-17H2,1H3,(H,26,28). The Bertz CT molecular complexity index is 888. The molecule has 0 radical (unpaired) electrons. The van der Waals surface area contributed by atoms with E-state index in [0.29, 0.717) is 26.1 Å². The zero-order chi connectivity index (χ0) is 20.9. The quantitative estimate of drug-likeness (QED) is 0.824. The van der Waals surface area contributed by atoms with Crippen molar-refractivity contribution in [2.75, 3.05) is 26.7 Å². The molecule has 1 aliphatic carbocycles. The van der Waals surface area contributed by atoms with Gasteiger partial charge < -0.3 is 15.0 Å². The van der Waals surface area contributed by atoms with Gasteiger partial charge >= 0.3 is 0 Å². The number of amides is 2. The van der Waals surface area contributed by atoms with Crippen molar-refractivity contribution in [2.45, 2.75) is 32.1 Å². The van der Waals surface area contributed by atoms with Crippen molar-refractivity contribution in [3.05, 3.63) is 54.1 Å². The van der Waals surface area contributed by atoms with Crippen LogP contribution in [0.5, 0.6) is 5.75 Å². The van der Waals surface area contributed by atoms with Crippen molar-refractivity contribution < 1.29 is 14.3 Å². The van der Waals surface area contributed by atoms with Gasteiger partial charge in [-0.3, -0.25) is 9.59 Å². The molecule has 1 aliphatic heterocycles. The Balaban J connectivity index is 1.54. The topological polar surface area (TPSA) is 58.6 Å². The van der Waals surface area contributed by atoms with Gasteiger partial charge in [-0.1, -0.05) is 49.2 Å². The van der Waals surface area contributed by atoms with Crippen molar-refractivity contribution in [2.24, 2.45) is 11.8 Å². The van der Waals surface area contributed by atoms with Crippen molar-refractivity contribution in [1.29, 1.82) is 0 Å². The summed E-state index contributed by atoms with van der Waals surface area (Å²) in [6.45, 7) is 1.64. The molecular weight excluding hydrogens is 376 g/mol. The second-order valence-corrected chi connectivity index (χ2v) is 8.34. The van der Waals surface area contributed by atoms with Gasteiger partial charge in [-0.05, 0) is 48.1 Å². The summed E-state index contributed by atoms with van der Waals surface area (Å²) in [4.78, 5) is 27.7. The van der Waals surface area contributed by atoms with Crippen molar-refractivity contribution in [3.63, 3.8) is 0 Å². The average Bonchev–Trinajstić information content (AvgIpc) is 3.26. The van der Waals surface area contributed by atoms with Crippen LogP contribution in [0.25, 0.3) is 11.1 Å². The molecule has 1 heterocycles. The smallest absolute Gasteiger partial charge is 0.225 e. The molecule has 1 saturated heterocycles. The molecule has 4 rings (SSSR count). The molecule has 2 aromatic carbocycles. The van der Waals surface area contributed by atoms with Gasteiger partial charge in [0.25, 0.3) is 0 Å². The highest BCUT2D eigenvalue weighted by molar-refractivity contribution is 5.83. The molecule has 1 saturated carbocycles. The van der Waals surface area contributed by atoms with E-state index in [-0.39, 0.29) is 23.7 Å². The minimum absolute atomic E-state index is 0.0428. The lowest BCUT2D eigenvalue weighted by atomic mass is 9.91. The first-order valence-electron chi connectivity index (χ1n) is 10.9. The maximum absolute atomic E-state index is 13.0. The average molecular weight is 407 g/mol. The van der Waals surface area contributed by atoms with Gasteiger partial charge in [0, 0.05) is 25.6 Å². The van der Waals surface area contributed by atoms with E-state index in [4.69, 9.17) is 4.74 Å². The van der Waals surface area contributed by atoms with Crippen molar-refractivity contribution in [1.82, 2.24) is 10.2 Å². The first kappa shape index (κ1) is 20.5. The van der Waals surface area contributed by atoms with Crippen LogP contribution in [0.2, 0.25) is 0 Å². The molecule has 0 bridgehead atoms. The number of hydrogen-bond acceptors (Lipinski definition) is 3. The minimum atomic E-state index is -0.239. The Labute approximate surface area is 178 Å². The lowest BCUT2D eigenvalue weighted by molar-refractivity contribution is -0.136. The highest BCUT2D eigenvalue weighted by atomic mass is 16.5. The molecule has 2 aromatic rings. The summed E-state index contributed by atoms with van der Waals surface area (Å²) in [5.41, 5.74) is 3.34. The molecule has 0 spiro atoms. The van der Waals surface area contributed by atoms with E-state index in [1.165, 1.54) is 0 Å². The summed E-state index contributed by atoms with van der Waals surface area (Å²) in [5, 5.41) is 3.02. The molecule has 0 aromatic heterocycles. The maximum Gasteiger partial charge on any atom is 0.225 e. The van der Waals surface area contributed by atoms with E-state index >= 15 is 0 Å². The predicted molar refractivity (Wildman–Crippen MR) is 117 cm³/mol. The van der Waals surface area contributed by atoms with Crippen LogP contribution < -0.4 is 10.1 Å². The fourth-order valence-electron chi connectivity index (χ4n) is 4.70. The largest absolute Gasteiger partial charge is 0.497 e. The molecule has 1 atom stereocenters. The Kier molecular flexibility index (Phi) is 6.36. The molecular formula is C25H30N2O3. The number of rotatable bonds is 5. The Hall–Kier alpha value is -2.82. The third kappa shape index (κ3) is 4.50. The monoisotopic (exact) mass is 406 g/mol. The van der Waals surface area contributed by atoms with Crippen molar-refractivity contribution >= 4 is 11.8 Å². The Morgan fingerprint density at radius 1 is 1.10 bits per heavy atom. The molecule has 1 N–H and O–H groups in total. The van der Waals surface area contributed by atoms with Crippen LogP contribution in [-0.4, -0.2) is 43.5 Å². The fourth-order valence-corrected chi connectivity index (χ4v) is 4.70. The van der Waals surface area contributed by atoms with Crippen LogP contribution >= 0.6 is 0 Å². The molecule has 30 heavy (non-hydrogen) atoms. The number of ether oxygens (including phenoxy) is 1. The summed E-state index contributed by atoms with van der Waals surface area (Å²) < 4.78 is 5.27. The molecule has 2 aliphatic rings. The van der Waals surface area contributed by atoms with Crippen LogP contribution in [0, 0.1) is 11.8 Å². The number of methoxy groups -OCH3 is 1. The SMILES string of the molecule is COc1ccc(-c2ccccc2CC2CN(C(=O)C3CCCC3)CCNC2=O)cc1. The number of nitrogens with one attached hydrogen (secondary N) is 1. The van der Waals surface area contributed by atoms with Gasteiger partial charge in [-0.2, -0.15) is 0 Å². The third-order valence-electron chi connectivity index (χ3n) is 6.39. The Morgan fingerprint density at radius 2 is 1.83 bits per heavy atom. The van der Waals surface area contributed by atoms with Crippen LogP contribution in [0.15, 0.2) is 48.5 Å². The highest BCUT2D eigenvalue weighted by Crippen LogP contribution is 2.30. The lowest BCUT2D eigenvalue weighted by Crippen LogP contribution is -2.40. The lowest BCUT2D eigenvalue weighted by Gasteiger charge is -2.26. The molecule has 5 heteroatoms. The second-order valence-electron chi connectivity index (χ2n) is 8.34. The maximum atomic E-state index is 13.0. The molecule has 158 valence electrons. The van der Waals surface area contributed by atoms with E-state index in [1.807, 2.05) is 41.3 Å². The summed E-state index contributed by atoms with van der Waals surface area (Å²) in [6, 6.07) is 16.2. The van der Waals surface area contributed by atoms with E-state index in [1.54, 1.807) is 7.11 Å². The summed E-state index contributed by atoms with van der Waals surface area (Å²) >= 11 is 0. The van der Waals surface area contributed by atoms with Crippen LogP contribution in [0.4, 0.5) is 0 Å². The number of hydrogen-bond donors (Lipinski definition) is 1. The summed E-state index contributed by atoms with van der Waals surface area (Å²) in [6.07, 6.45) is 4.87. The van der Waals surface area contributed by atoms with Gasteiger partial charge in [0.15, 0.2) is 0 Å². The number of nitrogens with zero attached hydrogens (tertiary/aromatic N) is 1. The Morgan fingerprint density at radius 3 is 2.57 bits per heavy atom. The van der Waals surface area contributed by atoms with Crippen molar-refractivity contribution in [3.8, 4) is 16.9 Å². The number of carbonyl (C=O) groups excluding carboxylic acids is 2. The zero-order valence-electron chi connectivity index (χ0n) is 17.6. The normalized spacial score (nSPS) is 20.0. The molecule has 5 nitrogen and oxygen atoms in total. The molecule has 1 unspecified atom stereocenters. The second kappa shape index (κ2) is 9.33. The summed E-state index contributed by atoms with van der Waals surface area (Å²) in [5.74, 6) is 1.00. The van der Waals surface area contributed by atoms with Crippen LogP contribution in [0.3, 0.4) is 0 Å². The van der Waals surface area contributed by atoms with Gasteiger partial charge in [0.05, 0.1) is 13.0 Å². The molecule has 2 fully saturated rings. The zero-order valence-corrected chi connectivity index (χ0v) is 17.6. The number of benzene rings is 2. The van der Waals surface area contributed by atoms with E-state index in [9.17, 15) is 9.59 Å². The predicted octanol–water partition coefficient (Wildman–Crippen LogP) is 3.67. The van der Waals surface area contributed by atoms with Gasteiger partial charge in [-0.15, -0.1) is 0 Å². The highest BCUT2D eigenvalue weighted by Gasteiger charge is 2.32.